The lowest BCUT2D eigenvalue weighted by Crippen LogP contribution is -1.94. The standard InChI is InChI=1S/C13H12N2O/c1-8-6-9(2)15-13-11(16-3)5-4-10(7-14)12(8)13/h4-6H,1-3H3. The summed E-state index contributed by atoms with van der Waals surface area (Å²) in [6, 6.07) is 7.71. The highest BCUT2D eigenvalue weighted by Gasteiger charge is 2.10. The van der Waals surface area contributed by atoms with Crippen molar-refractivity contribution in [2.24, 2.45) is 0 Å². The third-order valence-electron chi connectivity index (χ3n) is 2.59. The molecule has 16 heavy (non-hydrogen) atoms. The van der Waals surface area contributed by atoms with Gasteiger partial charge in [0.1, 0.15) is 11.3 Å². The van der Waals surface area contributed by atoms with Gasteiger partial charge in [0, 0.05) is 11.1 Å². The third-order valence-corrected chi connectivity index (χ3v) is 2.59. The van der Waals surface area contributed by atoms with Crippen LogP contribution in [0.2, 0.25) is 0 Å². The molecule has 2 aromatic rings. The van der Waals surface area contributed by atoms with Crippen molar-refractivity contribution in [2.75, 3.05) is 7.11 Å². The van der Waals surface area contributed by atoms with E-state index in [4.69, 9.17) is 10.00 Å². The van der Waals surface area contributed by atoms with Crippen molar-refractivity contribution in [2.45, 2.75) is 13.8 Å². The van der Waals surface area contributed by atoms with Crippen LogP contribution in [0, 0.1) is 25.2 Å². The lowest BCUT2D eigenvalue weighted by molar-refractivity contribution is 0.419. The number of fused-ring (bicyclic) bond motifs is 1. The van der Waals surface area contributed by atoms with E-state index in [1.54, 1.807) is 19.2 Å². The van der Waals surface area contributed by atoms with E-state index in [-0.39, 0.29) is 0 Å². The molecular weight excluding hydrogens is 200 g/mol. The van der Waals surface area contributed by atoms with Crippen LogP contribution in [-0.2, 0) is 0 Å². The van der Waals surface area contributed by atoms with Crippen molar-refractivity contribution in [3.63, 3.8) is 0 Å². The Morgan fingerprint density at radius 2 is 2.06 bits per heavy atom. The maximum Gasteiger partial charge on any atom is 0.145 e. The first kappa shape index (κ1) is 10.4. The Bertz CT molecular complexity index is 597. The van der Waals surface area contributed by atoms with Crippen LogP contribution in [0.1, 0.15) is 16.8 Å². The number of aryl methyl sites for hydroxylation is 2. The molecule has 0 aliphatic carbocycles. The van der Waals surface area contributed by atoms with Crippen molar-refractivity contribution >= 4 is 10.9 Å². The number of pyridine rings is 1. The van der Waals surface area contributed by atoms with E-state index in [0.29, 0.717) is 11.3 Å². The molecular formula is C13H12N2O. The fourth-order valence-electron chi connectivity index (χ4n) is 1.93. The first-order chi connectivity index (χ1) is 7.67. The van der Waals surface area contributed by atoms with Gasteiger partial charge in [0.2, 0.25) is 0 Å². The fraction of sp³-hybridized carbons (Fsp3) is 0.231. The fourth-order valence-corrected chi connectivity index (χ4v) is 1.93. The second-order valence-corrected chi connectivity index (χ2v) is 3.73. The van der Waals surface area contributed by atoms with Gasteiger partial charge >= 0.3 is 0 Å². The molecule has 0 aliphatic rings. The summed E-state index contributed by atoms with van der Waals surface area (Å²) in [5.41, 5.74) is 3.39. The highest BCUT2D eigenvalue weighted by Crippen LogP contribution is 2.29. The van der Waals surface area contributed by atoms with Crippen LogP contribution in [0.4, 0.5) is 0 Å². The second kappa shape index (κ2) is 3.82. The van der Waals surface area contributed by atoms with Crippen molar-refractivity contribution in [1.82, 2.24) is 4.98 Å². The maximum absolute atomic E-state index is 9.07. The predicted octanol–water partition coefficient (Wildman–Crippen LogP) is 2.73. The Balaban J connectivity index is 2.97. The average Bonchev–Trinajstić information content (AvgIpc) is 2.27. The van der Waals surface area contributed by atoms with Crippen molar-refractivity contribution in [3.8, 4) is 11.8 Å². The molecule has 3 heteroatoms. The van der Waals surface area contributed by atoms with Gasteiger partial charge < -0.3 is 4.74 Å². The minimum atomic E-state index is 0.640. The summed E-state index contributed by atoms with van der Waals surface area (Å²) in [5.74, 6) is 0.709. The SMILES string of the molecule is COc1ccc(C#N)c2c(C)cc(C)nc12. The molecule has 0 atom stereocenters. The molecule has 0 unspecified atom stereocenters. The molecule has 0 spiro atoms. The smallest absolute Gasteiger partial charge is 0.145 e. The molecule has 0 N–H and O–H groups in total. The van der Waals surface area contributed by atoms with Crippen molar-refractivity contribution < 1.29 is 4.74 Å². The monoisotopic (exact) mass is 212 g/mol. The molecule has 1 aromatic carbocycles. The minimum Gasteiger partial charge on any atom is -0.494 e. The van der Waals surface area contributed by atoms with Crippen LogP contribution >= 0.6 is 0 Å². The highest BCUT2D eigenvalue weighted by atomic mass is 16.5. The molecule has 1 aromatic heterocycles. The first-order valence-corrected chi connectivity index (χ1v) is 5.02. The molecule has 0 radical (unpaired) electrons. The summed E-state index contributed by atoms with van der Waals surface area (Å²) in [4.78, 5) is 4.44. The summed E-state index contributed by atoms with van der Waals surface area (Å²) in [6.07, 6.45) is 0. The summed E-state index contributed by atoms with van der Waals surface area (Å²) >= 11 is 0. The van der Waals surface area contributed by atoms with E-state index in [1.807, 2.05) is 19.9 Å². The Morgan fingerprint density at radius 3 is 2.69 bits per heavy atom. The van der Waals surface area contributed by atoms with E-state index in [0.717, 1.165) is 22.2 Å². The average molecular weight is 212 g/mol. The minimum absolute atomic E-state index is 0.640. The molecule has 0 amide bonds. The first-order valence-electron chi connectivity index (χ1n) is 5.02. The van der Waals surface area contributed by atoms with Gasteiger partial charge in [-0.3, -0.25) is 0 Å². The van der Waals surface area contributed by atoms with Crippen LogP contribution in [-0.4, -0.2) is 12.1 Å². The van der Waals surface area contributed by atoms with Gasteiger partial charge in [-0.1, -0.05) is 0 Å². The van der Waals surface area contributed by atoms with E-state index in [1.165, 1.54) is 0 Å². The Morgan fingerprint density at radius 1 is 1.31 bits per heavy atom. The third kappa shape index (κ3) is 1.49. The normalized spacial score (nSPS) is 10.1. The molecule has 0 fully saturated rings. The van der Waals surface area contributed by atoms with Gasteiger partial charge in [0.05, 0.1) is 18.7 Å². The second-order valence-electron chi connectivity index (χ2n) is 3.73. The summed E-state index contributed by atoms with van der Waals surface area (Å²) < 4.78 is 5.27. The van der Waals surface area contributed by atoms with Crippen LogP contribution in [0.15, 0.2) is 18.2 Å². The highest BCUT2D eigenvalue weighted by molar-refractivity contribution is 5.92. The van der Waals surface area contributed by atoms with Gasteiger partial charge in [-0.2, -0.15) is 5.26 Å². The number of nitriles is 1. The van der Waals surface area contributed by atoms with Crippen LogP contribution in [0.25, 0.3) is 10.9 Å². The Hall–Kier alpha value is -2.08. The van der Waals surface area contributed by atoms with Gasteiger partial charge in [-0.05, 0) is 37.6 Å². The van der Waals surface area contributed by atoms with Crippen molar-refractivity contribution in [3.05, 3.63) is 35.0 Å². The lowest BCUT2D eigenvalue weighted by atomic mass is 10.0. The van der Waals surface area contributed by atoms with Gasteiger partial charge in [0.25, 0.3) is 0 Å². The number of hydrogen-bond donors (Lipinski definition) is 0. The van der Waals surface area contributed by atoms with Crippen molar-refractivity contribution in [1.29, 1.82) is 5.26 Å². The van der Waals surface area contributed by atoms with Gasteiger partial charge in [0.15, 0.2) is 0 Å². The number of nitrogens with zero attached hydrogens (tertiary/aromatic N) is 2. The molecule has 0 saturated heterocycles. The maximum atomic E-state index is 9.07. The summed E-state index contributed by atoms with van der Waals surface area (Å²) in [6.45, 7) is 3.92. The number of benzene rings is 1. The number of rotatable bonds is 1. The summed E-state index contributed by atoms with van der Waals surface area (Å²) in [5, 5.41) is 9.96. The predicted molar refractivity (Wildman–Crippen MR) is 62.5 cm³/mol. The zero-order valence-corrected chi connectivity index (χ0v) is 9.53. The number of hydrogen-bond acceptors (Lipinski definition) is 3. The number of methoxy groups -OCH3 is 1. The topological polar surface area (TPSA) is 45.9 Å². The van der Waals surface area contributed by atoms with Gasteiger partial charge in [-0.15, -0.1) is 0 Å². The van der Waals surface area contributed by atoms with E-state index in [2.05, 4.69) is 11.1 Å². The number of aromatic nitrogens is 1. The molecule has 1 heterocycles. The largest absolute Gasteiger partial charge is 0.494 e. The zero-order valence-electron chi connectivity index (χ0n) is 9.53. The van der Waals surface area contributed by atoms with Crippen LogP contribution in [0.5, 0.6) is 5.75 Å². The van der Waals surface area contributed by atoms with Crippen LogP contribution in [0.3, 0.4) is 0 Å². The van der Waals surface area contributed by atoms with E-state index in [9.17, 15) is 0 Å². The molecule has 0 bridgehead atoms. The molecule has 3 nitrogen and oxygen atoms in total. The Kier molecular flexibility index (Phi) is 2.49. The van der Waals surface area contributed by atoms with Gasteiger partial charge in [-0.25, -0.2) is 4.98 Å². The van der Waals surface area contributed by atoms with E-state index >= 15 is 0 Å². The van der Waals surface area contributed by atoms with Crippen LogP contribution < -0.4 is 4.74 Å². The number of ether oxygens (including phenoxy) is 1. The molecule has 0 aliphatic heterocycles. The molecule has 2 rings (SSSR count). The Labute approximate surface area is 94.3 Å². The quantitative estimate of drug-likeness (QED) is 0.730. The van der Waals surface area contributed by atoms with E-state index < -0.39 is 0 Å². The summed E-state index contributed by atoms with van der Waals surface area (Å²) in [7, 11) is 1.61. The zero-order chi connectivity index (χ0) is 11.7. The molecule has 80 valence electrons. The molecule has 0 saturated carbocycles. The lowest BCUT2D eigenvalue weighted by Gasteiger charge is -2.09.